The normalized spacial score (nSPS) is 16.2. The number of benzene rings is 1. The summed E-state index contributed by atoms with van der Waals surface area (Å²) in [6.07, 6.45) is 0.383. The van der Waals surface area contributed by atoms with Crippen molar-refractivity contribution < 1.29 is 9.59 Å². The van der Waals surface area contributed by atoms with Gasteiger partial charge in [0.15, 0.2) is 0 Å². The first kappa shape index (κ1) is 14.9. The highest BCUT2D eigenvalue weighted by atomic mass is 32.2. The molecule has 1 aromatic rings. The van der Waals surface area contributed by atoms with Gasteiger partial charge in [0, 0.05) is 31.8 Å². The molecule has 1 N–H and O–H groups in total. The zero-order valence-corrected chi connectivity index (χ0v) is 12.5. The Kier molecular flexibility index (Phi) is 5.47. The molecule has 1 fully saturated rings. The summed E-state index contributed by atoms with van der Waals surface area (Å²) < 4.78 is 0. The number of hydrogen-bond donors (Lipinski definition) is 1. The van der Waals surface area contributed by atoms with Crippen molar-refractivity contribution in [1.29, 1.82) is 0 Å². The second-order valence-corrected chi connectivity index (χ2v) is 6.01. The fourth-order valence-corrected chi connectivity index (χ4v) is 2.97. The molecule has 0 spiro atoms. The number of rotatable bonds is 6. The number of amides is 2. The number of carbonyl (C=O) groups is 2. The average Bonchev–Trinajstić information content (AvgIpc) is 2.89. The first-order chi connectivity index (χ1) is 9.66. The van der Waals surface area contributed by atoms with Crippen molar-refractivity contribution in [2.75, 3.05) is 25.4 Å². The first-order valence-corrected chi connectivity index (χ1v) is 7.88. The molecule has 2 amide bonds. The molecule has 0 unspecified atom stereocenters. The van der Waals surface area contributed by atoms with Crippen LogP contribution in [-0.4, -0.2) is 41.4 Å². The Morgan fingerprint density at radius 2 is 2.15 bits per heavy atom. The molecule has 5 heteroatoms. The van der Waals surface area contributed by atoms with Crippen LogP contribution in [0.2, 0.25) is 0 Å². The maximum atomic E-state index is 11.8. The average molecular weight is 292 g/mol. The minimum atomic E-state index is 0.0116. The van der Waals surface area contributed by atoms with E-state index in [0.29, 0.717) is 25.4 Å². The SMILES string of the molecule is C[C@H](CNC(=O)CCN1CCSC1=O)c1ccccc1. The van der Waals surface area contributed by atoms with Gasteiger partial charge in [-0.15, -0.1) is 0 Å². The lowest BCUT2D eigenvalue weighted by molar-refractivity contribution is -0.121. The van der Waals surface area contributed by atoms with E-state index in [1.54, 1.807) is 4.90 Å². The molecule has 20 heavy (non-hydrogen) atoms. The Balaban J connectivity index is 1.68. The monoisotopic (exact) mass is 292 g/mol. The van der Waals surface area contributed by atoms with Crippen LogP contribution >= 0.6 is 11.8 Å². The zero-order chi connectivity index (χ0) is 14.4. The molecule has 0 radical (unpaired) electrons. The third-order valence-corrected chi connectivity index (χ3v) is 4.32. The van der Waals surface area contributed by atoms with E-state index in [0.717, 1.165) is 12.3 Å². The van der Waals surface area contributed by atoms with Crippen LogP contribution in [0, 0.1) is 0 Å². The molecule has 1 aliphatic heterocycles. The van der Waals surface area contributed by atoms with Gasteiger partial charge in [0.05, 0.1) is 0 Å². The van der Waals surface area contributed by atoms with Gasteiger partial charge in [0.1, 0.15) is 0 Å². The van der Waals surface area contributed by atoms with Gasteiger partial charge in [0.2, 0.25) is 5.91 Å². The first-order valence-electron chi connectivity index (χ1n) is 6.90. The summed E-state index contributed by atoms with van der Waals surface area (Å²) in [5.74, 6) is 1.15. The van der Waals surface area contributed by atoms with Crippen molar-refractivity contribution in [3.05, 3.63) is 35.9 Å². The lowest BCUT2D eigenvalue weighted by Gasteiger charge is -2.16. The maximum Gasteiger partial charge on any atom is 0.281 e. The van der Waals surface area contributed by atoms with E-state index in [-0.39, 0.29) is 11.1 Å². The number of carbonyl (C=O) groups excluding carboxylic acids is 2. The van der Waals surface area contributed by atoms with Crippen LogP contribution in [0.1, 0.15) is 24.8 Å². The Labute approximate surface area is 123 Å². The summed E-state index contributed by atoms with van der Waals surface area (Å²) in [7, 11) is 0. The van der Waals surface area contributed by atoms with Crippen LogP contribution in [0.3, 0.4) is 0 Å². The molecular weight excluding hydrogens is 272 g/mol. The van der Waals surface area contributed by atoms with Crippen LogP contribution in [-0.2, 0) is 4.79 Å². The third kappa shape index (κ3) is 4.27. The van der Waals surface area contributed by atoms with Crippen molar-refractivity contribution in [3.8, 4) is 0 Å². The van der Waals surface area contributed by atoms with Crippen LogP contribution in [0.25, 0.3) is 0 Å². The molecule has 2 rings (SSSR count). The summed E-state index contributed by atoms with van der Waals surface area (Å²) in [4.78, 5) is 24.9. The number of thioether (sulfide) groups is 1. The van der Waals surface area contributed by atoms with Crippen LogP contribution in [0.5, 0.6) is 0 Å². The second kappa shape index (κ2) is 7.33. The minimum absolute atomic E-state index is 0.0116. The molecule has 108 valence electrons. The summed E-state index contributed by atoms with van der Waals surface area (Å²) in [6, 6.07) is 10.1. The molecule has 0 bridgehead atoms. The molecule has 1 atom stereocenters. The largest absolute Gasteiger partial charge is 0.355 e. The van der Waals surface area contributed by atoms with Gasteiger partial charge in [-0.05, 0) is 11.5 Å². The molecule has 1 aromatic carbocycles. The van der Waals surface area contributed by atoms with E-state index < -0.39 is 0 Å². The zero-order valence-electron chi connectivity index (χ0n) is 11.7. The smallest absolute Gasteiger partial charge is 0.281 e. The Bertz CT molecular complexity index is 464. The van der Waals surface area contributed by atoms with Crippen molar-refractivity contribution in [2.24, 2.45) is 0 Å². The van der Waals surface area contributed by atoms with Gasteiger partial charge < -0.3 is 10.2 Å². The van der Waals surface area contributed by atoms with Gasteiger partial charge in [0.25, 0.3) is 5.24 Å². The van der Waals surface area contributed by atoms with Gasteiger partial charge in [-0.1, -0.05) is 49.0 Å². The highest BCUT2D eigenvalue weighted by Crippen LogP contribution is 2.17. The molecule has 0 aromatic heterocycles. The van der Waals surface area contributed by atoms with E-state index >= 15 is 0 Å². The van der Waals surface area contributed by atoms with Crippen molar-refractivity contribution in [1.82, 2.24) is 10.2 Å². The number of nitrogens with one attached hydrogen (secondary N) is 1. The topological polar surface area (TPSA) is 49.4 Å². The van der Waals surface area contributed by atoms with Gasteiger partial charge in [-0.3, -0.25) is 9.59 Å². The van der Waals surface area contributed by atoms with Crippen molar-refractivity contribution in [3.63, 3.8) is 0 Å². The number of hydrogen-bond acceptors (Lipinski definition) is 3. The second-order valence-electron chi connectivity index (χ2n) is 4.97. The molecule has 0 saturated carbocycles. The lowest BCUT2D eigenvalue weighted by atomic mass is 10.0. The fraction of sp³-hybridized carbons (Fsp3) is 0.467. The van der Waals surface area contributed by atoms with Crippen LogP contribution in [0.4, 0.5) is 4.79 Å². The van der Waals surface area contributed by atoms with E-state index in [2.05, 4.69) is 24.4 Å². The van der Waals surface area contributed by atoms with E-state index in [1.807, 2.05) is 18.2 Å². The molecular formula is C15H20N2O2S. The standard InChI is InChI=1S/C15H20N2O2S/c1-12(13-5-3-2-4-6-13)11-16-14(18)7-8-17-9-10-20-15(17)19/h2-6,12H,7-11H2,1H3,(H,16,18)/t12-/m1/s1. The third-order valence-electron chi connectivity index (χ3n) is 3.43. The summed E-state index contributed by atoms with van der Waals surface area (Å²) in [5, 5.41) is 3.03. The Morgan fingerprint density at radius 1 is 1.40 bits per heavy atom. The highest BCUT2D eigenvalue weighted by Gasteiger charge is 2.21. The quantitative estimate of drug-likeness (QED) is 0.876. The van der Waals surface area contributed by atoms with Gasteiger partial charge in [-0.2, -0.15) is 0 Å². The predicted molar refractivity (Wildman–Crippen MR) is 81.9 cm³/mol. The summed E-state index contributed by atoms with van der Waals surface area (Å²) in [6.45, 7) is 4.01. The van der Waals surface area contributed by atoms with Crippen molar-refractivity contribution in [2.45, 2.75) is 19.3 Å². The van der Waals surface area contributed by atoms with E-state index in [1.165, 1.54) is 17.3 Å². The fourth-order valence-electron chi connectivity index (χ4n) is 2.12. The summed E-state index contributed by atoms with van der Waals surface area (Å²) in [5.41, 5.74) is 1.22. The molecule has 0 aliphatic carbocycles. The molecule has 1 heterocycles. The van der Waals surface area contributed by atoms with E-state index in [9.17, 15) is 9.59 Å². The van der Waals surface area contributed by atoms with Crippen LogP contribution < -0.4 is 5.32 Å². The van der Waals surface area contributed by atoms with Gasteiger partial charge >= 0.3 is 0 Å². The lowest BCUT2D eigenvalue weighted by Crippen LogP contribution is -2.32. The Morgan fingerprint density at radius 3 is 2.80 bits per heavy atom. The highest BCUT2D eigenvalue weighted by molar-refractivity contribution is 8.13. The molecule has 1 saturated heterocycles. The predicted octanol–water partition coefficient (Wildman–Crippen LogP) is 2.47. The number of nitrogens with zero attached hydrogens (tertiary/aromatic N) is 1. The van der Waals surface area contributed by atoms with Gasteiger partial charge in [-0.25, -0.2) is 0 Å². The summed E-state index contributed by atoms with van der Waals surface area (Å²) >= 11 is 1.33. The Hall–Kier alpha value is -1.49. The van der Waals surface area contributed by atoms with Crippen molar-refractivity contribution >= 4 is 22.9 Å². The minimum Gasteiger partial charge on any atom is -0.355 e. The maximum absolute atomic E-state index is 11.8. The molecule has 1 aliphatic rings. The van der Waals surface area contributed by atoms with Crippen LogP contribution in [0.15, 0.2) is 30.3 Å². The molecule has 4 nitrogen and oxygen atoms in total. The van der Waals surface area contributed by atoms with E-state index in [4.69, 9.17) is 0 Å².